The van der Waals surface area contributed by atoms with Crippen LogP contribution in [0.15, 0.2) is 72.8 Å². The number of halogens is 3. The maximum absolute atomic E-state index is 12.6. The van der Waals surface area contributed by atoms with E-state index in [2.05, 4.69) is 20.3 Å². The molecule has 0 saturated carbocycles. The van der Waals surface area contributed by atoms with Gasteiger partial charge in [0.15, 0.2) is 11.9 Å². The van der Waals surface area contributed by atoms with Crippen LogP contribution in [0.3, 0.4) is 0 Å². The van der Waals surface area contributed by atoms with Crippen molar-refractivity contribution in [2.45, 2.75) is 26.0 Å². The third kappa shape index (κ3) is 5.97. The van der Waals surface area contributed by atoms with Gasteiger partial charge < -0.3 is 19.5 Å². The second-order valence-electron chi connectivity index (χ2n) is 7.33. The number of anilines is 1. The van der Waals surface area contributed by atoms with Crippen LogP contribution in [0.4, 0.5) is 19.0 Å². The fourth-order valence-electron chi connectivity index (χ4n) is 3.15. The first-order chi connectivity index (χ1) is 16.3. The number of hydrogen-bond acceptors (Lipinski definition) is 5. The monoisotopic (exact) mass is 471 g/mol. The Morgan fingerprint density at radius 3 is 2.53 bits per heavy atom. The number of carbonyl (C=O) groups is 1. The van der Waals surface area contributed by atoms with Gasteiger partial charge in [-0.2, -0.15) is 5.10 Å². The summed E-state index contributed by atoms with van der Waals surface area (Å²) in [5.74, 6) is 0.605. The first kappa shape index (κ1) is 23.0. The van der Waals surface area contributed by atoms with Gasteiger partial charge in [0.05, 0.1) is 5.52 Å². The van der Waals surface area contributed by atoms with Crippen LogP contribution in [0.25, 0.3) is 10.9 Å². The second-order valence-corrected chi connectivity index (χ2v) is 7.33. The van der Waals surface area contributed by atoms with Crippen molar-refractivity contribution >= 4 is 22.6 Å². The van der Waals surface area contributed by atoms with Crippen molar-refractivity contribution < 1.29 is 32.2 Å². The molecule has 1 heterocycles. The summed E-state index contributed by atoms with van der Waals surface area (Å²) < 4.78 is 52.6. The largest absolute Gasteiger partial charge is 0.573 e. The molecule has 0 aliphatic rings. The molecule has 1 amide bonds. The van der Waals surface area contributed by atoms with E-state index < -0.39 is 12.5 Å². The van der Waals surface area contributed by atoms with Gasteiger partial charge in [-0.3, -0.25) is 9.89 Å². The number of nitrogens with zero attached hydrogens (tertiary/aromatic N) is 1. The molecule has 4 aromatic rings. The van der Waals surface area contributed by atoms with Gasteiger partial charge in [0.1, 0.15) is 23.9 Å². The maximum atomic E-state index is 12.6. The Morgan fingerprint density at radius 2 is 1.76 bits per heavy atom. The number of H-pyrrole nitrogens is 1. The molecule has 0 fully saturated rings. The summed E-state index contributed by atoms with van der Waals surface area (Å²) in [4.78, 5) is 12.6. The molecule has 1 aromatic heterocycles. The summed E-state index contributed by atoms with van der Waals surface area (Å²) in [5.41, 5.74) is 1.16. The number of para-hydroxylation sites is 1. The molecule has 34 heavy (non-hydrogen) atoms. The second kappa shape index (κ2) is 9.74. The number of aromatic nitrogens is 2. The van der Waals surface area contributed by atoms with E-state index in [1.807, 2.05) is 18.2 Å². The Labute approximate surface area is 192 Å². The number of aromatic amines is 1. The highest BCUT2D eigenvalue weighted by atomic mass is 19.4. The molecule has 0 bridgehead atoms. The highest BCUT2D eigenvalue weighted by molar-refractivity contribution is 6.01. The lowest BCUT2D eigenvalue weighted by Crippen LogP contribution is -2.30. The van der Waals surface area contributed by atoms with E-state index in [1.165, 1.54) is 18.2 Å². The Hall–Kier alpha value is -4.21. The number of alkyl halides is 3. The molecule has 0 spiro atoms. The van der Waals surface area contributed by atoms with Crippen LogP contribution in [0, 0.1) is 0 Å². The minimum absolute atomic E-state index is 0.0159. The lowest BCUT2D eigenvalue weighted by Gasteiger charge is -2.14. The van der Waals surface area contributed by atoms with E-state index in [-0.39, 0.29) is 18.3 Å². The molecule has 4 rings (SSSR count). The number of rotatable bonds is 8. The number of benzene rings is 3. The van der Waals surface area contributed by atoms with Crippen LogP contribution >= 0.6 is 0 Å². The molecular weight excluding hydrogens is 451 g/mol. The molecule has 3 aromatic carbocycles. The average molecular weight is 471 g/mol. The van der Waals surface area contributed by atoms with E-state index in [0.717, 1.165) is 0 Å². The molecule has 1 unspecified atom stereocenters. The van der Waals surface area contributed by atoms with E-state index in [0.29, 0.717) is 33.8 Å². The fourth-order valence-corrected chi connectivity index (χ4v) is 3.15. The zero-order valence-electron chi connectivity index (χ0n) is 17.9. The predicted molar refractivity (Wildman–Crippen MR) is 119 cm³/mol. The third-order valence-corrected chi connectivity index (χ3v) is 4.74. The van der Waals surface area contributed by atoms with Crippen LogP contribution in [0.2, 0.25) is 0 Å². The lowest BCUT2D eigenvalue weighted by atomic mass is 10.2. The van der Waals surface area contributed by atoms with Gasteiger partial charge in [-0.15, -0.1) is 13.2 Å². The van der Waals surface area contributed by atoms with Crippen molar-refractivity contribution in [3.05, 3.63) is 78.4 Å². The van der Waals surface area contributed by atoms with Crippen molar-refractivity contribution in [2.24, 2.45) is 0 Å². The van der Waals surface area contributed by atoms with Gasteiger partial charge in [0.2, 0.25) is 0 Å². The molecule has 7 nitrogen and oxygen atoms in total. The predicted octanol–water partition coefficient (Wildman–Crippen LogP) is 5.45. The first-order valence-corrected chi connectivity index (χ1v) is 10.2. The fraction of sp³-hybridized carbons (Fsp3) is 0.167. The zero-order valence-corrected chi connectivity index (χ0v) is 17.9. The summed E-state index contributed by atoms with van der Waals surface area (Å²) in [7, 11) is 0. The minimum Gasteiger partial charge on any atom is -0.489 e. The standard InChI is InChI=1S/C24H20F3N3O4/c1-15(33-17-7-3-2-4-8-17)23(31)28-22-20-13-18(10-11-21(20)29-30-22)32-14-16-6-5-9-19(12-16)34-24(25,26)27/h2-13,15H,14H2,1H3,(H2,28,29,30,31). The van der Waals surface area contributed by atoms with Gasteiger partial charge in [0.25, 0.3) is 5.91 Å². The van der Waals surface area contributed by atoms with E-state index in [4.69, 9.17) is 9.47 Å². The summed E-state index contributed by atoms with van der Waals surface area (Å²) in [6.07, 6.45) is -5.53. The van der Waals surface area contributed by atoms with Gasteiger partial charge in [0, 0.05) is 5.39 Å². The van der Waals surface area contributed by atoms with E-state index in [1.54, 1.807) is 43.3 Å². The Kier molecular flexibility index (Phi) is 6.58. The van der Waals surface area contributed by atoms with Crippen LogP contribution in [-0.2, 0) is 11.4 Å². The average Bonchev–Trinajstić information content (AvgIpc) is 3.19. The molecule has 0 saturated heterocycles. The van der Waals surface area contributed by atoms with Crippen LogP contribution in [0.1, 0.15) is 12.5 Å². The lowest BCUT2D eigenvalue weighted by molar-refractivity contribution is -0.274. The quantitative estimate of drug-likeness (QED) is 0.357. The number of nitrogens with one attached hydrogen (secondary N) is 2. The smallest absolute Gasteiger partial charge is 0.489 e. The molecule has 0 aliphatic heterocycles. The number of fused-ring (bicyclic) bond motifs is 1. The number of amides is 1. The van der Waals surface area contributed by atoms with Crippen molar-refractivity contribution in [3.8, 4) is 17.2 Å². The summed E-state index contributed by atoms with van der Waals surface area (Å²) in [5, 5.41) is 10.3. The van der Waals surface area contributed by atoms with Crippen molar-refractivity contribution in [1.29, 1.82) is 0 Å². The summed E-state index contributed by atoms with van der Waals surface area (Å²) >= 11 is 0. The van der Waals surface area contributed by atoms with E-state index >= 15 is 0 Å². The van der Waals surface area contributed by atoms with Crippen molar-refractivity contribution in [1.82, 2.24) is 10.2 Å². The third-order valence-electron chi connectivity index (χ3n) is 4.74. The SMILES string of the molecule is CC(Oc1ccccc1)C(=O)Nc1n[nH]c2ccc(OCc3cccc(OC(F)(F)F)c3)cc12. The van der Waals surface area contributed by atoms with Gasteiger partial charge in [-0.1, -0.05) is 30.3 Å². The summed E-state index contributed by atoms with van der Waals surface area (Å²) in [6.45, 7) is 1.64. The number of hydrogen-bond donors (Lipinski definition) is 2. The van der Waals surface area contributed by atoms with Crippen molar-refractivity contribution in [3.63, 3.8) is 0 Å². The van der Waals surface area contributed by atoms with E-state index in [9.17, 15) is 18.0 Å². The Bertz CT molecular complexity index is 1280. The molecule has 2 N–H and O–H groups in total. The number of ether oxygens (including phenoxy) is 3. The highest BCUT2D eigenvalue weighted by Crippen LogP contribution is 2.27. The van der Waals surface area contributed by atoms with Crippen LogP contribution in [0.5, 0.6) is 17.2 Å². The molecule has 0 radical (unpaired) electrons. The van der Waals surface area contributed by atoms with Crippen molar-refractivity contribution in [2.75, 3.05) is 5.32 Å². The Morgan fingerprint density at radius 1 is 1.00 bits per heavy atom. The highest BCUT2D eigenvalue weighted by Gasteiger charge is 2.31. The molecule has 10 heteroatoms. The Balaban J connectivity index is 1.42. The maximum Gasteiger partial charge on any atom is 0.573 e. The topological polar surface area (TPSA) is 85.5 Å². The van der Waals surface area contributed by atoms with Gasteiger partial charge in [-0.25, -0.2) is 0 Å². The van der Waals surface area contributed by atoms with Gasteiger partial charge >= 0.3 is 6.36 Å². The molecule has 176 valence electrons. The normalized spacial score (nSPS) is 12.2. The van der Waals surface area contributed by atoms with Crippen LogP contribution < -0.4 is 19.5 Å². The zero-order chi connectivity index (χ0) is 24.1. The first-order valence-electron chi connectivity index (χ1n) is 10.2. The van der Waals surface area contributed by atoms with Gasteiger partial charge in [-0.05, 0) is 55.0 Å². The number of carbonyl (C=O) groups excluding carboxylic acids is 1. The minimum atomic E-state index is -4.77. The molecular formula is C24H20F3N3O4. The molecule has 1 atom stereocenters. The molecule has 0 aliphatic carbocycles. The summed E-state index contributed by atoms with van der Waals surface area (Å²) in [6, 6.07) is 19.6. The van der Waals surface area contributed by atoms with Crippen LogP contribution in [-0.4, -0.2) is 28.6 Å².